The summed E-state index contributed by atoms with van der Waals surface area (Å²) in [6.07, 6.45) is 2.87. The van der Waals surface area contributed by atoms with Crippen molar-refractivity contribution in [2.45, 2.75) is 6.92 Å². The summed E-state index contributed by atoms with van der Waals surface area (Å²) in [7, 11) is 2.76. The topological polar surface area (TPSA) is 77.8 Å². The number of amides is 1. The summed E-state index contributed by atoms with van der Waals surface area (Å²) >= 11 is 0. The highest BCUT2D eigenvalue weighted by atomic mass is 16.5. The first-order valence-corrected chi connectivity index (χ1v) is 6.85. The number of furan rings is 1. The fourth-order valence-corrected chi connectivity index (χ4v) is 1.91. The number of ether oxygens (including phenoxy) is 2. The van der Waals surface area contributed by atoms with Crippen LogP contribution in [0.25, 0.3) is 6.08 Å². The van der Waals surface area contributed by atoms with Gasteiger partial charge in [0.25, 0.3) is 0 Å². The molecule has 0 aliphatic heterocycles. The molecule has 2 aromatic rings. The van der Waals surface area contributed by atoms with E-state index in [0.29, 0.717) is 17.2 Å². The highest BCUT2D eigenvalue weighted by Gasteiger charge is 2.14. The molecule has 0 saturated carbocycles. The molecule has 1 N–H and O–H groups in total. The molecule has 2 rings (SSSR count). The number of aryl methyl sites for hydroxylation is 1. The summed E-state index contributed by atoms with van der Waals surface area (Å²) in [5, 5.41) is 2.63. The number of hydrogen-bond donors (Lipinski definition) is 1. The Hall–Kier alpha value is -3.02. The third-order valence-electron chi connectivity index (χ3n) is 3.05. The van der Waals surface area contributed by atoms with E-state index in [4.69, 9.17) is 13.9 Å². The van der Waals surface area contributed by atoms with Crippen LogP contribution in [0.4, 0.5) is 5.69 Å². The van der Waals surface area contributed by atoms with Crippen LogP contribution in [0.2, 0.25) is 0 Å². The van der Waals surface area contributed by atoms with Crippen molar-refractivity contribution >= 4 is 23.6 Å². The smallest absolute Gasteiger partial charge is 0.340 e. The molecule has 23 heavy (non-hydrogen) atoms. The van der Waals surface area contributed by atoms with E-state index < -0.39 is 11.9 Å². The first-order valence-electron chi connectivity index (χ1n) is 6.85. The van der Waals surface area contributed by atoms with Gasteiger partial charge in [-0.1, -0.05) is 0 Å². The van der Waals surface area contributed by atoms with Crippen LogP contribution < -0.4 is 10.1 Å². The molecule has 1 amide bonds. The van der Waals surface area contributed by atoms with Crippen molar-refractivity contribution in [1.82, 2.24) is 0 Å². The Labute approximate surface area is 133 Å². The minimum absolute atomic E-state index is 0.211. The van der Waals surface area contributed by atoms with Crippen LogP contribution >= 0.6 is 0 Å². The van der Waals surface area contributed by atoms with Gasteiger partial charge in [0.2, 0.25) is 5.91 Å². The monoisotopic (exact) mass is 315 g/mol. The molecule has 1 heterocycles. The molecule has 0 aliphatic carbocycles. The van der Waals surface area contributed by atoms with Gasteiger partial charge in [0.15, 0.2) is 0 Å². The molecule has 0 unspecified atom stereocenters. The predicted octanol–water partition coefficient (Wildman–Crippen LogP) is 3.04. The Kier molecular flexibility index (Phi) is 5.19. The maximum Gasteiger partial charge on any atom is 0.340 e. The van der Waals surface area contributed by atoms with E-state index >= 15 is 0 Å². The molecular formula is C17H17NO5. The fourth-order valence-electron chi connectivity index (χ4n) is 1.91. The second-order valence-corrected chi connectivity index (χ2v) is 4.67. The van der Waals surface area contributed by atoms with Crippen molar-refractivity contribution in [2.24, 2.45) is 0 Å². The van der Waals surface area contributed by atoms with Gasteiger partial charge in [-0.2, -0.15) is 0 Å². The number of anilines is 1. The van der Waals surface area contributed by atoms with E-state index in [2.05, 4.69) is 5.32 Å². The molecule has 0 spiro atoms. The lowest BCUT2D eigenvalue weighted by Crippen LogP contribution is -2.13. The van der Waals surface area contributed by atoms with Crippen molar-refractivity contribution < 1.29 is 23.5 Å². The zero-order chi connectivity index (χ0) is 16.8. The Morgan fingerprint density at radius 3 is 2.57 bits per heavy atom. The predicted molar refractivity (Wildman–Crippen MR) is 85.4 cm³/mol. The molecule has 0 fully saturated rings. The number of nitrogens with one attached hydrogen (secondary N) is 1. The lowest BCUT2D eigenvalue weighted by molar-refractivity contribution is -0.111. The zero-order valence-electron chi connectivity index (χ0n) is 13.1. The maximum atomic E-state index is 12.0. The number of carbonyl (C=O) groups is 2. The van der Waals surface area contributed by atoms with Crippen LogP contribution in [0, 0.1) is 6.92 Å². The molecule has 0 atom stereocenters. The summed E-state index contributed by atoms with van der Waals surface area (Å²) < 4.78 is 15.1. The van der Waals surface area contributed by atoms with Crippen LogP contribution in [0.5, 0.6) is 5.75 Å². The van der Waals surface area contributed by atoms with E-state index in [1.54, 1.807) is 30.3 Å². The third kappa shape index (κ3) is 4.23. The minimum atomic E-state index is -0.565. The summed E-state index contributed by atoms with van der Waals surface area (Å²) in [5.74, 6) is 0.859. The van der Waals surface area contributed by atoms with E-state index in [1.165, 1.54) is 26.4 Å². The van der Waals surface area contributed by atoms with E-state index in [9.17, 15) is 9.59 Å². The van der Waals surface area contributed by atoms with Crippen LogP contribution in [0.3, 0.4) is 0 Å². The number of benzene rings is 1. The lowest BCUT2D eigenvalue weighted by atomic mass is 10.1. The normalized spacial score (nSPS) is 10.6. The van der Waals surface area contributed by atoms with Crippen LogP contribution in [-0.2, 0) is 9.53 Å². The molecular weight excluding hydrogens is 298 g/mol. The van der Waals surface area contributed by atoms with Gasteiger partial charge in [-0.3, -0.25) is 4.79 Å². The average molecular weight is 315 g/mol. The van der Waals surface area contributed by atoms with E-state index in [-0.39, 0.29) is 5.56 Å². The first-order chi connectivity index (χ1) is 11.0. The fraction of sp³-hybridized carbons (Fsp3) is 0.176. The highest BCUT2D eigenvalue weighted by molar-refractivity contribution is 6.06. The van der Waals surface area contributed by atoms with Gasteiger partial charge in [0.1, 0.15) is 17.3 Å². The van der Waals surface area contributed by atoms with E-state index in [1.807, 2.05) is 6.92 Å². The Morgan fingerprint density at radius 2 is 1.96 bits per heavy atom. The third-order valence-corrected chi connectivity index (χ3v) is 3.05. The van der Waals surface area contributed by atoms with Crippen molar-refractivity contribution in [3.05, 3.63) is 53.5 Å². The Morgan fingerprint density at radius 1 is 1.17 bits per heavy atom. The molecule has 120 valence electrons. The minimum Gasteiger partial charge on any atom is -0.497 e. The van der Waals surface area contributed by atoms with Gasteiger partial charge in [-0.25, -0.2) is 4.79 Å². The molecule has 0 radical (unpaired) electrons. The highest BCUT2D eigenvalue weighted by Crippen LogP contribution is 2.23. The van der Waals surface area contributed by atoms with Gasteiger partial charge < -0.3 is 19.2 Å². The molecule has 6 heteroatoms. The number of hydrogen-bond acceptors (Lipinski definition) is 5. The van der Waals surface area contributed by atoms with Crippen molar-refractivity contribution in [3.63, 3.8) is 0 Å². The van der Waals surface area contributed by atoms with E-state index in [0.717, 1.165) is 5.76 Å². The summed E-state index contributed by atoms with van der Waals surface area (Å²) in [4.78, 5) is 23.8. The summed E-state index contributed by atoms with van der Waals surface area (Å²) in [5.41, 5.74) is 0.547. The summed E-state index contributed by atoms with van der Waals surface area (Å²) in [6.45, 7) is 1.82. The SMILES string of the molecule is COC(=O)c1cc(OC)ccc1NC(=O)/C=C/c1ccc(C)o1. The number of esters is 1. The second kappa shape index (κ2) is 7.31. The quantitative estimate of drug-likeness (QED) is 0.678. The van der Waals surface area contributed by atoms with Crippen molar-refractivity contribution in [2.75, 3.05) is 19.5 Å². The number of rotatable bonds is 5. The Bertz CT molecular complexity index is 745. The van der Waals surface area contributed by atoms with Gasteiger partial charge in [-0.15, -0.1) is 0 Å². The van der Waals surface area contributed by atoms with Gasteiger partial charge in [0, 0.05) is 6.08 Å². The molecule has 6 nitrogen and oxygen atoms in total. The summed E-state index contributed by atoms with van der Waals surface area (Å²) in [6, 6.07) is 8.28. The molecule has 1 aromatic heterocycles. The van der Waals surface area contributed by atoms with Crippen molar-refractivity contribution in [1.29, 1.82) is 0 Å². The number of carbonyl (C=O) groups excluding carboxylic acids is 2. The van der Waals surface area contributed by atoms with Gasteiger partial charge in [-0.05, 0) is 43.3 Å². The first kappa shape index (κ1) is 16.4. The second-order valence-electron chi connectivity index (χ2n) is 4.67. The van der Waals surface area contributed by atoms with Crippen molar-refractivity contribution in [3.8, 4) is 5.75 Å². The van der Waals surface area contributed by atoms with Crippen LogP contribution in [0.15, 0.2) is 40.8 Å². The molecule has 0 saturated heterocycles. The number of methoxy groups -OCH3 is 2. The standard InChI is InChI=1S/C17H17NO5/c1-11-4-5-12(23-11)7-9-16(19)18-15-8-6-13(21-2)10-14(15)17(20)22-3/h4-10H,1-3H3,(H,18,19)/b9-7+. The van der Waals surface area contributed by atoms with Gasteiger partial charge in [0.05, 0.1) is 25.5 Å². The maximum absolute atomic E-state index is 12.0. The van der Waals surface area contributed by atoms with Gasteiger partial charge >= 0.3 is 5.97 Å². The average Bonchev–Trinajstić information content (AvgIpc) is 2.98. The molecule has 1 aromatic carbocycles. The Balaban J connectivity index is 2.16. The largest absolute Gasteiger partial charge is 0.497 e. The molecule has 0 bridgehead atoms. The zero-order valence-corrected chi connectivity index (χ0v) is 13.1. The van der Waals surface area contributed by atoms with Crippen LogP contribution in [0.1, 0.15) is 21.9 Å². The molecule has 0 aliphatic rings. The lowest BCUT2D eigenvalue weighted by Gasteiger charge is -2.10. The van der Waals surface area contributed by atoms with Crippen LogP contribution in [-0.4, -0.2) is 26.1 Å².